The number of nitrogens with zero attached hydrogens (tertiary/aromatic N) is 1. The average Bonchev–Trinajstić information content (AvgIpc) is 2.70. The summed E-state index contributed by atoms with van der Waals surface area (Å²) >= 11 is 2.23. The quantitative estimate of drug-likeness (QED) is 0.307. The van der Waals surface area contributed by atoms with Crippen molar-refractivity contribution >= 4 is 34.5 Å². The average molecular weight is 522 g/mol. The summed E-state index contributed by atoms with van der Waals surface area (Å²) in [4.78, 5) is 26.8. The van der Waals surface area contributed by atoms with Crippen LogP contribution in [-0.4, -0.2) is 38.9 Å². The van der Waals surface area contributed by atoms with Gasteiger partial charge in [-0.05, 0) is 79.5 Å². The zero-order valence-corrected chi connectivity index (χ0v) is 19.5. The van der Waals surface area contributed by atoms with Crippen molar-refractivity contribution in [3.05, 3.63) is 69.3 Å². The third-order valence-corrected chi connectivity index (χ3v) is 6.51. The van der Waals surface area contributed by atoms with Gasteiger partial charge in [-0.3, -0.25) is 9.69 Å². The van der Waals surface area contributed by atoms with Crippen LogP contribution in [0.2, 0.25) is 0 Å². The van der Waals surface area contributed by atoms with E-state index in [2.05, 4.69) is 27.9 Å². The predicted molar refractivity (Wildman–Crippen MR) is 122 cm³/mol. The van der Waals surface area contributed by atoms with Gasteiger partial charge in [-0.25, -0.2) is 4.79 Å². The Morgan fingerprint density at radius 3 is 2.37 bits per heavy atom. The van der Waals surface area contributed by atoms with Crippen LogP contribution in [0.5, 0.6) is 0 Å². The number of halogens is 1. The molecule has 160 valence electrons. The number of benzene rings is 2. The zero-order valence-electron chi connectivity index (χ0n) is 17.3. The van der Waals surface area contributed by atoms with Crippen LogP contribution in [0.3, 0.4) is 0 Å². The van der Waals surface area contributed by atoms with E-state index in [-0.39, 0.29) is 6.04 Å². The van der Waals surface area contributed by atoms with Crippen molar-refractivity contribution in [2.24, 2.45) is 5.41 Å². The Balaban J connectivity index is 1.74. The first-order valence-corrected chi connectivity index (χ1v) is 11.0. The number of aliphatic hydroxyl groups is 2. The molecule has 0 spiro atoms. The molecule has 1 saturated heterocycles. The maximum Gasteiger partial charge on any atom is 0.325 e. The molecule has 1 aliphatic heterocycles. The molecule has 1 heterocycles. The van der Waals surface area contributed by atoms with Gasteiger partial charge in [0.1, 0.15) is 6.04 Å². The molecule has 3 amide bonds. The van der Waals surface area contributed by atoms with Crippen LogP contribution in [0, 0.1) is 8.99 Å². The van der Waals surface area contributed by atoms with Gasteiger partial charge in [0.15, 0.2) is 5.79 Å². The summed E-state index contributed by atoms with van der Waals surface area (Å²) in [6.45, 7) is 4.73. The van der Waals surface area contributed by atoms with E-state index >= 15 is 0 Å². The minimum absolute atomic E-state index is 0.325. The molecule has 0 aromatic heterocycles. The number of nitrogens with one attached hydrogen (secondary N) is 1. The molecule has 0 saturated carbocycles. The van der Waals surface area contributed by atoms with Gasteiger partial charge in [0.25, 0.3) is 0 Å². The van der Waals surface area contributed by atoms with Crippen LogP contribution in [0.25, 0.3) is 0 Å². The van der Waals surface area contributed by atoms with Crippen molar-refractivity contribution in [1.82, 2.24) is 10.2 Å². The highest BCUT2D eigenvalue weighted by Crippen LogP contribution is 2.47. The zero-order chi connectivity index (χ0) is 22.1. The highest BCUT2D eigenvalue weighted by Gasteiger charge is 2.65. The van der Waals surface area contributed by atoms with Crippen molar-refractivity contribution in [3.8, 4) is 0 Å². The van der Waals surface area contributed by atoms with E-state index in [0.717, 1.165) is 19.6 Å². The van der Waals surface area contributed by atoms with Crippen molar-refractivity contribution in [2.75, 3.05) is 0 Å². The summed E-state index contributed by atoms with van der Waals surface area (Å²) in [6, 6.07) is 15.4. The molecule has 7 heteroatoms. The first-order valence-electron chi connectivity index (χ1n) is 9.92. The number of carbonyl (C=O) groups is 2. The lowest BCUT2D eigenvalue weighted by Gasteiger charge is -2.56. The minimum atomic E-state index is -2.21. The molecule has 0 unspecified atom stereocenters. The number of hydrogen-bond acceptors (Lipinski definition) is 4. The monoisotopic (exact) mass is 522 g/mol. The second kappa shape index (κ2) is 8.64. The van der Waals surface area contributed by atoms with Gasteiger partial charge in [0.05, 0.1) is 11.5 Å². The molecular weight excluding hydrogens is 495 g/mol. The highest BCUT2D eigenvalue weighted by molar-refractivity contribution is 14.1. The fraction of sp³-hybridized carbons (Fsp3) is 0.391. The standard InChI is InChI=1S/C23H27IN2O4/c1-15(17-7-5-4-6-8-17)25-21(28)26-19(23(3,29)30)22(2,20(26)27)14-13-16-9-11-18(24)12-10-16/h4-12,15,19,29-30H,13-14H2,1-3H3,(H,25,28)/t15-,19+,22-/m1/s1. The van der Waals surface area contributed by atoms with E-state index in [4.69, 9.17) is 0 Å². The number of aryl methyl sites for hydroxylation is 1. The molecule has 3 rings (SSSR count). The molecule has 6 nitrogen and oxygen atoms in total. The number of imide groups is 1. The normalized spacial score (nSPS) is 22.4. The van der Waals surface area contributed by atoms with Crippen LogP contribution >= 0.6 is 22.6 Å². The van der Waals surface area contributed by atoms with Gasteiger partial charge in [-0.2, -0.15) is 0 Å². The highest BCUT2D eigenvalue weighted by atomic mass is 127. The van der Waals surface area contributed by atoms with Crippen molar-refractivity contribution in [2.45, 2.75) is 51.5 Å². The second-order valence-electron chi connectivity index (χ2n) is 8.30. The van der Waals surface area contributed by atoms with Crippen molar-refractivity contribution in [1.29, 1.82) is 0 Å². The lowest BCUT2D eigenvalue weighted by atomic mass is 9.65. The topological polar surface area (TPSA) is 89.9 Å². The summed E-state index contributed by atoms with van der Waals surface area (Å²) in [5, 5.41) is 23.5. The van der Waals surface area contributed by atoms with Crippen LogP contribution in [0.15, 0.2) is 54.6 Å². The van der Waals surface area contributed by atoms with Crippen LogP contribution in [-0.2, 0) is 11.2 Å². The van der Waals surface area contributed by atoms with E-state index in [0.29, 0.717) is 12.8 Å². The lowest BCUT2D eigenvalue weighted by Crippen LogP contribution is -2.77. The van der Waals surface area contributed by atoms with Crippen LogP contribution in [0.1, 0.15) is 44.4 Å². The van der Waals surface area contributed by atoms with E-state index < -0.39 is 29.2 Å². The van der Waals surface area contributed by atoms with Gasteiger partial charge < -0.3 is 15.5 Å². The molecule has 3 N–H and O–H groups in total. The number of urea groups is 1. The van der Waals surface area contributed by atoms with E-state index in [1.165, 1.54) is 6.92 Å². The molecule has 1 fully saturated rings. The maximum atomic E-state index is 13.0. The fourth-order valence-corrected chi connectivity index (χ4v) is 4.52. The molecule has 0 radical (unpaired) electrons. The molecule has 2 aromatic rings. The Bertz CT molecular complexity index is 911. The van der Waals surface area contributed by atoms with Gasteiger partial charge in [0, 0.05) is 3.57 Å². The largest absolute Gasteiger partial charge is 0.364 e. The lowest BCUT2D eigenvalue weighted by molar-refractivity contribution is -0.243. The third-order valence-electron chi connectivity index (χ3n) is 5.79. The fourth-order valence-electron chi connectivity index (χ4n) is 4.16. The number of hydrogen-bond donors (Lipinski definition) is 3. The van der Waals surface area contributed by atoms with Crippen LogP contribution in [0.4, 0.5) is 4.79 Å². The maximum absolute atomic E-state index is 13.0. The van der Waals surface area contributed by atoms with Crippen LogP contribution < -0.4 is 5.32 Å². The molecule has 2 aromatic carbocycles. The van der Waals surface area contributed by atoms with E-state index in [9.17, 15) is 19.8 Å². The molecule has 0 aliphatic carbocycles. The SMILES string of the molecule is C[C@@H](NC(=O)N1C(=O)[C@](C)(CCc2ccc(I)cc2)[C@H]1C(C)(O)O)c1ccccc1. The summed E-state index contributed by atoms with van der Waals surface area (Å²) < 4.78 is 1.12. The number of β-lactam (4-membered cyclic amide) rings is 1. The Hall–Kier alpha value is -1.97. The Morgan fingerprint density at radius 1 is 1.20 bits per heavy atom. The molecule has 3 atom stereocenters. The van der Waals surface area contributed by atoms with Crippen molar-refractivity contribution < 1.29 is 19.8 Å². The number of amides is 3. The minimum Gasteiger partial charge on any atom is -0.364 e. The Labute approximate surface area is 190 Å². The van der Waals surface area contributed by atoms with Gasteiger partial charge in [0.2, 0.25) is 5.91 Å². The first kappa shape index (κ1) is 22.7. The number of rotatable bonds is 6. The number of carbonyl (C=O) groups excluding carboxylic acids is 2. The summed E-state index contributed by atoms with van der Waals surface area (Å²) in [5.41, 5.74) is 0.906. The molecule has 30 heavy (non-hydrogen) atoms. The van der Waals surface area contributed by atoms with Gasteiger partial charge >= 0.3 is 6.03 Å². The molecule has 1 aliphatic rings. The Kier molecular flexibility index (Phi) is 6.54. The van der Waals surface area contributed by atoms with Gasteiger partial charge in [-0.15, -0.1) is 0 Å². The summed E-state index contributed by atoms with van der Waals surface area (Å²) in [5.74, 6) is -2.60. The predicted octanol–water partition coefficient (Wildman–Crippen LogP) is 3.61. The molecule has 0 bridgehead atoms. The van der Waals surface area contributed by atoms with E-state index in [1.807, 2.05) is 61.5 Å². The Morgan fingerprint density at radius 2 is 1.80 bits per heavy atom. The van der Waals surface area contributed by atoms with Crippen molar-refractivity contribution in [3.63, 3.8) is 0 Å². The van der Waals surface area contributed by atoms with E-state index in [1.54, 1.807) is 6.92 Å². The molecular formula is C23H27IN2O4. The third kappa shape index (κ3) is 4.53. The number of likely N-dealkylation sites (tertiary alicyclic amines) is 1. The summed E-state index contributed by atoms with van der Waals surface area (Å²) in [7, 11) is 0. The summed E-state index contributed by atoms with van der Waals surface area (Å²) in [6.07, 6.45) is 1.01. The van der Waals surface area contributed by atoms with Gasteiger partial charge in [-0.1, -0.05) is 42.5 Å². The smallest absolute Gasteiger partial charge is 0.325 e. The second-order valence-corrected chi connectivity index (χ2v) is 9.54. The first-order chi connectivity index (χ1) is 14.0.